The van der Waals surface area contributed by atoms with Gasteiger partial charge in [-0.15, -0.1) is 0 Å². The molecule has 0 aromatic heterocycles. The minimum atomic E-state index is -0.853. The van der Waals surface area contributed by atoms with E-state index in [4.69, 9.17) is 4.74 Å². The van der Waals surface area contributed by atoms with Gasteiger partial charge in [-0.25, -0.2) is 0 Å². The van der Waals surface area contributed by atoms with Crippen molar-refractivity contribution in [3.05, 3.63) is 0 Å². The van der Waals surface area contributed by atoms with Crippen LogP contribution in [0.25, 0.3) is 0 Å². The van der Waals surface area contributed by atoms with Crippen LogP contribution in [0.4, 0.5) is 0 Å². The fourth-order valence-corrected chi connectivity index (χ4v) is 1.71. The third kappa shape index (κ3) is 2.45. The molecule has 2 unspecified atom stereocenters. The maximum absolute atomic E-state index is 11.2. The largest absolute Gasteiger partial charge is 0.480 e. The highest BCUT2D eigenvalue weighted by Gasteiger charge is 2.41. The van der Waals surface area contributed by atoms with Crippen LogP contribution < -0.4 is 5.32 Å². The quantitative estimate of drug-likeness (QED) is 0.712. The predicted molar refractivity (Wildman–Crippen MR) is 53.3 cm³/mol. The first-order chi connectivity index (χ1) is 6.60. The van der Waals surface area contributed by atoms with Crippen LogP contribution in [-0.4, -0.2) is 35.9 Å². The number of ether oxygens (including phenoxy) is 1. The zero-order chi connectivity index (χ0) is 10.6. The smallest absolute Gasteiger partial charge is 0.326 e. The molecule has 0 aliphatic carbocycles. The number of carboxylic acids is 1. The molecule has 0 radical (unpaired) electrons. The van der Waals surface area contributed by atoms with Crippen molar-refractivity contribution in [1.29, 1.82) is 0 Å². The molecule has 0 saturated carbocycles. The Morgan fingerprint density at radius 2 is 2.43 bits per heavy atom. The average molecular weight is 201 g/mol. The van der Waals surface area contributed by atoms with Crippen LogP contribution in [0.5, 0.6) is 0 Å². The summed E-state index contributed by atoms with van der Waals surface area (Å²) >= 11 is 0. The summed E-state index contributed by atoms with van der Waals surface area (Å²) in [5.74, 6) is -0.794. The molecule has 1 saturated heterocycles. The lowest BCUT2D eigenvalue weighted by atomic mass is 9.91. The molecule has 0 aromatic carbocycles. The fraction of sp³-hybridized carbons (Fsp3) is 0.900. The van der Waals surface area contributed by atoms with Gasteiger partial charge in [0.15, 0.2) is 0 Å². The van der Waals surface area contributed by atoms with Crippen molar-refractivity contribution in [1.82, 2.24) is 5.32 Å². The molecule has 0 aromatic rings. The van der Waals surface area contributed by atoms with E-state index in [-0.39, 0.29) is 12.6 Å². The van der Waals surface area contributed by atoms with E-state index >= 15 is 0 Å². The lowest BCUT2D eigenvalue weighted by molar-refractivity contribution is -0.151. The van der Waals surface area contributed by atoms with Crippen LogP contribution in [0.2, 0.25) is 0 Å². The van der Waals surface area contributed by atoms with Crippen molar-refractivity contribution in [2.45, 2.75) is 44.7 Å². The average Bonchev–Trinajstić information content (AvgIpc) is 2.19. The Morgan fingerprint density at radius 1 is 1.71 bits per heavy atom. The van der Waals surface area contributed by atoms with Gasteiger partial charge in [0.05, 0.1) is 6.61 Å². The van der Waals surface area contributed by atoms with Gasteiger partial charge in [-0.1, -0.05) is 6.92 Å². The van der Waals surface area contributed by atoms with E-state index in [0.717, 1.165) is 12.8 Å². The Morgan fingerprint density at radius 3 is 2.86 bits per heavy atom. The molecule has 4 nitrogen and oxygen atoms in total. The molecule has 1 fully saturated rings. The summed E-state index contributed by atoms with van der Waals surface area (Å²) in [7, 11) is 0. The highest BCUT2D eigenvalue weighted by molar-refractivity contribution is 5.79. The first-order valence-corrected chi connectivity index (χ1v) is 5.19. The van der Waals surface area contributed by atoms with Crippen molar-refractivity contribution in [3.8, 4) is 0 Å². The number of hydrogen-bond donors (Lipinski definition) is 2. The normalized spacial score (nSPS) is 29.9. The highest BCUT2D eigenvalue weighted by Crippen LogP contribution is 2.20. The van der Waals surface area contributed by atoms with Gasteiger partial charge >= 0.3 is 5.97 Å². The molecule has 2 N–H and O–H groups in total. The molecule has 82 valence electrons. The second kappa shape index (κ2) is 4.75. The fourth-order valence-electron chi connectivity index (χ4n) is 1.71. The van der Waals surface area contributed by atoms with Gasteiger partial charge in [0.1, 0.15) is 5.54 Å². The van der Waals surface area contributed by atoms with E-state index < -0.39 is 11.5 Å². The number of rotatable bonds is 4. The number of aliphatic carboxylic acids is 1. The molecule has 1 rings (SSSR count). The highest BCUT2D eigenvalue weighted by atomic mass is 16.5. The van der Waals surface area contributed by atoms with Crippen molar-refractivity contribution in [2.75, 3.05) is 13.2 Å². The minimum Gasteiger partial charge on any atom is -0.480 e. The van der Waals surface area contributed by atoms with E-state index in [9.17, 15) is 9.90 Å². The summed E-state index contributed by atoms with van der Waals surface area (Å²) in [4.78, 5) is 11.2. The molecule has 0 bridgehead atoms. The number of hydrogen-bond acceptors (Lipinski definition) is 3. The van der Waals surface area contributed by atoms with Crippen LogP contribution >= 0.6 is 0 Å². The van der Waals surface area contributed by atoms with Gasteiger partial charge in [0.25, 0.3) is 0 Å². The topological polar surface area (TPSA) is 58.6 Å². The van der Waals surface area contributed by atoms with E-state index in [1.54, 1.807) is 0 Å². The lowest BCUT2D eigenvalue weighted by Crippen LogP contribution is -2.59. The summed E-state index contributed by atoms with van der Waals surface area (Å²) in [6, 6.07) is 0.216. The second-order valence-electron chi connectivity index (χ2n) is 4.00. The molecule has 1 aliphatic heterocycles. The van der Waals surface area contributed by atoms with Gasteiger partial charge in [0.2, 0.25) is 0 Å². The Hall–Kier alpha value is -0.610. The molecule has 2 atom stereocenters. The van der Waals surface area contributed by atoms with Gasteiger partial charge < -0.3 is 9.84 Å². The minimum absolute atomic E-state index is 0.216. The zero-order valence-corrected chi connectivity index (χ0v) is 8.88. The maximum atomic E-state index is 11.2. The van der Waals surface area contributed by atoms with Crippen LogP contribution in [-0.2, 0) is 9.53 Å². The molecule has 0 amide bonds. The monoisotopic (exact) mass is 201 g/mol. The predicted octanol–water partition coefficient (Wildman–Crippen LogP) is 1.01. The molecular formula is C10H19NO3. The third-order valence-electron chi connectivity index (χ3n) is 2.79. The lowest BCUT2D eigenvalue weighted by Gasteiger charge is -2.36. The molecule has 1 heterocycles. The first kappa shape index (κ1) is 11.5. The number of nitrogens with one attached hydrogen (secondary N) is 1. The summed E-state index contributed by atoms with van der Waals surface area (Å²) < 4.78 is 5.25. The van der Waals surface area contributed by atoms with E-state index in [1.165, 1.54) is 0 Å². The molecular weight excluding hydrogens is 182 g/mol. The van der Waals surface area contributed by atoms with E-state index in [1.807, 2.05) is 13.8 Å². The van der Waals surface area contributed by atoms with E-state index in [0.29, 0.717) is 13.0 Å². The summed E-state index contributed by atoms with van der Waals surface area (Å²) in [5.41, 5.74) is -0.853. The molecule has 1 aliphatic rings. The van der Waals surface area contributed by atoms with Crippen LogP contribution in [0, 0.1) is 0 Å². The number of carboxylic acid groups (broad SMARTS) is 1. The third-order valence-corrected chi connectivity index (χ3v) is 2.79. The molecule has 14 heavy (non-hydrogen) atoms. The van der Waals surface area contributed by atoms with Crippen molar-refractivity contribution < 1.29 is 14.6 Å². The van der Waals surface area contributed by atoms with Crippen molar-refractivity contribution in [2.24, 2.45) is 0 Å². The van der Waals surface area contributed by atoms with Gasteiger partial charge in [-0.2, -0.15) is 0 Å². The van der Waals surface area contributed by atoms with Crippen LogP contribution in [0.3, 0.4) is 0 Å². The Kier molecular flexibility index (Phi) is 3.89. The van der Waals surface area contributed by atoms with Crippen LogP contribution in [0.15, 0.2) is 0 Å². The first-order valence-electron chi connectivity index (χ1n) is 5.19. The van der Waals surface area contributed by atoms with Crippen LogP contribution in [0.1, 0.15) is 33.1 Å². The second-order valence-corrected chi connectivity index (χ2v) is 4.00. The summed E-state index contributed by atoms with van der Waals surface area (Å²) in [6.45, 7) is 5.00. The number of carbonyl (C=O) groups is 1. The standard InChI is InChI=1S/C10H19NO3/c1-3-8(2)11-10(9(12)13)5-4-6-14-7-10/h8,11H,3-7H2,1-2H3,(H,12,13). The SMILES string of the molecule is CCC(C)NC1(C(=O)O)CCCOC1. The summed E-state index contributed by atoms with van der Waals surface area (Å²) in [6.07, 6.45) is 2.40. The summed E-state index contributed by atoms with van der Waals surface area (Å²) in [5, 5.41) is 12.3. The van der Waals surface area contributed by atoms with Gasteiger partial charge in [0, 0.05) is 12.6 Å². The van der Waals surface area contributed by atoms with E-state index in [2.05, 4.69) is 5.32 Å². The van der Waals surface area contributed by atoms with Crippen molar-refractivity contribution >= 4 is 5.97 Å². The maximum Gasteiger partial charge on any atom is 0.326 e. The van der Waals surface area contributed by atoms with Gasteiger partial charge in [-0.05, 0) is 26.2 Å². The molecule has 4 heteroatoms. The Balaban J connectivity index is 2.65. The van der Waals surface area contributed by atoms with Crippen molar-refractivity contribution in [3.63, 3.8) is 0 Å². The Labute approximate surface area is 84.6 Å². The Bertz CT molecular complexity index is 200. The van der Waals surface area contributed by atoms with Gasteiger partial charge in [-0.3, -0.25) is 10.1 Å². The molecule has 0 spiro atoms. The zero-order valence-electron chi connectivity index (χ0n) is 8.88.